The lowest BCUT2D eigenvalue weighted by molar-refractivity contribution is -0.131. The first-order valence-corrected chi connectivity index (χ1v) is 11.3. The first kappa shape index (κ1) is 20.2. The molecule has 1 atom stereocenters. The molecule has 1 fully saturated rings. The summed E-state index contributed by atoms with van der Waals surface area (Å²) in [4.78, 5) is 14.8. The summed E-state index contributed by atoms with van der Waals surface area (Å²) in [6, 6.07) is 16.4. The Hall–Kier alpha value is -2.54. The van der Waals surface area contributed by atoms with Gasteiger partial charge in [0.1, 0.15) is 6.04 Å². The van der Waals surface area contributed by atoms with Crippen LogP contribution < -0.4 is 9.62 Å². The van der Waals surface area contributed by atoms with Gasteiger partial charge in [-0.1, -0.05) is 30.3 Å². The minimum atomic E-state index is -3.20. The van der Waals surface area contributed by atoms with Gasteiger partial charge in [-0.05, 0) is 50.1 Å². The zero-order valence-corrected chi connectivity index (χ0v) is 17.2. The fourth-order valence-electron chi connectivity index (χ4n) is 3.47. The Morgan fingerprint density at radius 2 is 1.71 bits per heavy atom. The summed E-state index contributed by atoms with van der Waals surface area (Å²) in [5.74, 6) is 0.212. The first-order valence-electron chi connectivity index (χ1n) is 9.67. The van der Waals surface area contributed by atoms with Crippen LogP contribution in [0.1, 0.15) is 31.9 Å². The van der Waals surface area contributed by atoms with Gasteiger partial charge in [0.25, 0.3) is 0 Å². The average Bonchev–Trinajstić information content (AvgIpc) is 3.07. The molecule has 1 aliphatic heterocycles. The molecule has 0 aliphatic carbocycles. The molecule has 1 N–H and O–H groups in total. The predicted octanol–water partition coefficient (Wildman–Crippen LogP) is 3.25. The molecule has 1 unspecified atom stereocenters. The number of anilines is 2. The van der Waals surface area contributed by atoms with Crippen LogP contribution in [0.5, 0.6) is 0 Å². The Labute approximate surface area is 167 Å². The molecule has 0 radical (unpaired) electrons. The molecule has 0 bridgehead atoms. The number of hydrogen-bond acceptors (Lipinski definition) is 4. The van der Waals surface area contributed by atoms with Crippen molar-refractivity contribution in [2.75, 3.05) is 35.0 Å². The predicted molar refractivity (Wildman–Crippen MR) is 113 cm³/mol. The quantitative estimate of drug-likeness (QED) is 0.773. The van der Waals surface area contributed by atoms with Gasteiger partial charge in [-0.3, -0.25) is 9.10 Å². The second-order valence-corrected chi connectivity index (χ2v) is 8.80. The van der Waals surface area contributed by atoms with Crippen LogP contribution in [0.4, 0.5) is 11.4 Å². The van der Waals surface area contributed by atoms with Crippen molar-refractivity contribution < 1.29 is 13.2 Å². The Morgan fingerprint density at radius 3 is 2.25 bits per heavy atom. The second-order valence-electron chi connectivity index (χ2n) is 6.79. The fourth-order valence-corrected chi connectivity index (χ4v) is 5.04. The molecular weight excluding hydrogens is 374 g/mol. The summed E-state index contributed by atoms with van der Waals surface area (Å²) < 4.78 is 25.7. The van der Waals surface area contributed by atoms with Crippen molar-refractivity contribution >= 4 is 27.3 Å². The standard InChI is InChI=1S/C21H27N3O3S/c1-3-23(4-2)21(25)20(17-9-6-5-7-10-17)22-18-11-13-19(14-12-18)24-15-8-16-28(24,26)27/h5-7,9-14,20,22H,3-4,8,15-16H2,1-2H3. The van der Waals surface area contributed by atoms with Crippen LogP contribution in [-0.2, 0) is 14.8 Å². The SMILES string of the molecule is CCN(CC)C(=O)C(Nc1ccc(N2CCCS2(=O)=O)cc1)c1ccccc1. The molecule has 2 aromatic rings. The van der Waals surface area contributed by atoms with Crippen LogP contribution in [0.2, 0.25) is 0 Å². The van der Waals surface area contributed by atoms with Crippen LogP contribution in [0.3, 0.4) is 0 Å². The summed E-state index contributed by atoms with van der Waals surface area (Å²) in [5, 5.41) is 3.32. The third-order valence-electron chi connectivity index (χ3n) is 5.02. The highest BCUT2D eigenvalue weighted by molar-refractivity contribution is 7.93. The topological polar surface area (TPSA) is 69.7 Å². The van der Waals surface area contributed by atoms with E-state index < -0.39 is 16.1 Å². The molecule has 3 rings (SSSR count). The molecule has 1 aliphatic rings. The van der Waals surface area contributed by atoms with E-state index in [0.29, 0.717) is 31.7 Å². The fraction of sp³-hybridized carbons (Fsp3) is 0.381. The van der Waals surface area contributed by atoms with Gasteiger partial charge in [0, 0.05) is 25.3 Å². The minimum absolute atomic E-state index is 0.0161. The van der Waals surface area contributed by atoms with E-state index in [1.165, 1.54) is 4.31 Å². The summed E-state index contributed by atoms with van der Waals surface area (Å²) in [6.07, 6.45) is 0.650. The number of nitrogens with one attached hydrogen (secondary N) is 1. The monoisotopic (exact) mass is 401 g/mol. The van der Waals surface area contributed by atoms with Gasteiger partial charge in [0.2, 0.25) is 15.9 Å². The molecule has 2 aromatic carbocycles. The van der Waals surface area contributed by atoms with E-state index in [1.54, 1.807) is 17.0 Å². The van der Waals surface area contributed by atoms with E-state index in [-0.39, 0.29) is 11.7 Å². The zero-order valence-electron chi connectivity index (χ0n) is 16.3. The summed E-state index contributed by atoms with van der Waals surface area (Å²) in [6.45, 7) is 5.74. The van der Waals surface area contributed by atoms with Gasteiger partial charge in [-0.2, -0.15) is 0 Å². The maximum Gasteiger partial charge on any atom is 0.249 e. The van der Waals surface area contributed by atoms with Crippen molar-refractivity contribution in [3.8, 4) is 0 Å². The normalized spacial score (nSPS) is 16.6. The number of hydrogen-bond donors (Lipinski definition) is 1. The zero-order chi connectivity index (χ0) is 20.1. The minimum Gasteiger partial charge on any atom is -0.370 e. The molecule has 7 heteroatoms. The van der Waals surface area contributed by atoms with Crippen LogP contribution >= 0.6 is 0 Å². The smallest absolute Gasteiger partial charge is 0.249 e. The number of amides is 1. The molecule has 0 aromatic heterocycles. The van der Waals surface area contributed by atoms with Crippen molar-refractivity contribution in [1.29, 1.82) is 0 Å². The molecule has 150 valence electrons. The lowest BCUT2D eigenvalue weighted by Crippen LogP contribution is -2.37. The van der Waals surface area contributed by atoms with Crippen molar-refractivity contribution in [3.05, 3.63) is 60.2 Å². The molecule has 1 amide bonds. The maximum atomic E-state index is 13.0. The second kappa shape index (κ2) is 8.65. The number of likely N-dealkylation sites (N-methyl/N-ethyl adjacent to an activating group) is 1. The molecule has 0 spiro atoms. The van der Waals surface area contributed by atoms with E-state index >= 15 is 0 Å². The Kier molecular flexibility index (Phi) is 6.24. The van der Waals surface area contributed by atoms with Crippen molar-refractivity contribution in [1.82, 2.24) is 4.90 Å². The Balaban J connectivity index is 1.84. The number of carbonyl (C=O) groups excluding carboxylic acids is 1. The summed E-state index contributed by atoms with van der Waals surface area (Å²) >= 11 is 0. The van der Waals surface area contributed by atoms with Crippen molar-refractivity contribution in [2.45, 2.75) is 26.3 Å². The lowest BCUT2D eigenvalue weighted by Gasteiger charge is -2.27. The first-order chi connectivity index (χ1) is 13.5. The van der Waals surface area contributed by atoms with E-state index in [4.69, 9.17) is 0 Å². The van der Waals surface area contributed by atoms with E-state index in [2.05, 4.69) is 5.32 Å². The molecule has 6 nitrogen and oxygen atoms in total. The lowest BCUT2D eigenvalue weighted by atomic mass is 10.0. The van der Waals surface area contributed by atoms with Gasteiger partial charge in [0.15, 0.2) is 0 Å². The highest BCUT2D eigenvalue weighted by Crippen LogP contribution is 2.27. The molecular formula is C21H27N3O3S. The van der Waals surface area contributed by atoms with Crippen LogP contribution in [0, 0.1) is 0 Å². The van der Waals surface area contributed by atoms with Gasteiger partial charge < -0.3 is 10.2 Å². The number of sulfonamides is 1. The highest BCUT2D eigenvalue weighted by atomic mass is 32.2. The Morgan fingerprint density at radius 1 is 1.07 bits per heavy atom. The number of benzene rings is 2. The van der Waals surface area contributed by atoms with Gasteiger partial charge in [-0.15, -0.1) is 0 Å². The molecule has 1 heterocycles. The summed E-state index contributed by atoms with van der Waals surface area (Å²) in [7, 11) is -3.20. The van der Waals surface area contributed by atoms with Crippen LogP contribution in [-0.4, -0.2) is 44.6 Å². The van der Waals surface area contributed by atoms with Crippen LogP contribution in [0.25, 0.3) is 0 Å². The van der Waals surface area contributed by atoms with Gasteiger partial charge in [-0.25, -0.2) is 8.42 Å². The molecule has 28 heavy (non-hydrogen) atoms. The van der Waals surface area contributed by atoms with Gasteiger partial charge >= 0.3 is 0 Å². The van der Waals surface area contributed by atoms with Gasteiger partial charge in [0.05, 0.1) is 11.4 Å². The van der Waals surface area contributed by atoms with E-state index in [9.17, 15) is 13.2 Å². The van der Waals surface area contributed by atoms with Crippen LogP contribution in [0.15, 0.2) is 54.6 Å². The number of nitrogens with zero attached hydrogens (tertiary/aromatic N) is 2. The van der Waals surface area contributed by atoms with E-state index in [0.717, 1.165) is 11.3 Å². The largest absolute Gasteiger partial charge is 0.370 e. The highest BCUT2D eigenvalue weighted by Gasteiger charge is 2.28. The van der Waals surface area contributed by atoms with Crippen molar-refractivity contribution in [2.24, 2.45) is 0 Å². The third-order valence-corrected chi connectivity index (χ3v) is 6.89. The Bertz CT molecular complexity index is 894. The summed E-state index contributed by atoms with van der Waals surface area (Å²) in [5.41, 5.74) is 2.33. The number of rotatable bonds is 7. The maximum absolute atomic E-state index is 13.0. The molecule has 1 saturated heterocycles. The average molecular weight is 402 g/mol. The number of carbonyl (C=O) groups is 1. The third kappa shape index (κ3) is 4.30. The van der Waals surface area contributed by atoms with Crippen molar-refractivity contribution in [3.63, 3.8) is 0 Å². The van der Waals surface area contributed by atoms with E-state index in [1.807, 2.05) is 56.3 Å². The molecule has 0 saturated carbocycles.